The van der Waals surface area contributed by atoms with Gasteiger partial charge in [0.05, 0.1) is 17.6 Å². The van der Waals surface area contributed by atoms with Gasteiger partial charge >= 0.3 is 0 Å². The molecule has 0 atom stereocenters. The second kappa shape index (κ2) is 5.34. The highest BCUT2D eigenvalue weighted by Crippen LogP contribution is 2.28. The molecule has 0 radical (unpaired) electrons. The van der Waals surface area contributed by atoms with Crippen molar-refractivity contribution in [1.82, 2.24) is 24.8 Å². The number of halogens is 1. The van der Waals surface area contributed by atoms with Gasteiger partial charge in [0.1, 0.15) is 0 Å². The van der Waals surface area contributed by atoms with Crippen molar-refractivity contribution >= 4 is 27.0 Å². The number of nitrogens with zero attached hydrogens (tertiary/aromatic N) is 5. The summed E-state index contributed by atoms with van der Waals surface area (Å²) < 4.78 is 7.41. The molecule has 0 aliphatic heterocycles. The van der Waals surface area contributed by atoms with Crippen LogP contribution in [0.4, 0.5) is 0 Å². The first-order valence-electron chi connectivity index (χ1n) is 6.65. The smallest absolute Gasteiger partial charge is 0.185 e. The molecule has 0 N–H and O–H groups in total. The van der Waals surface area contributed by atoms with Crippen LogP contribution in [0.25, 0.3) is 22.6 Å². The van der Waals surface area contributed by atoms with Gasteiger partial charge in [-0.3, -0.25) is 4.98 Å². The van der Waals surface area contributed by atoms with Crippen molar-refractivity contribution in [3.8, 4) is 11.5 Å². The van der Waals surface area contributed by atoms with E-state index in [4.69, 9.17) is 4.63 Å². The van der Waals surface area contributed by atoms with Gasteiger partial charge < -0.3 is 4.57 Å². The zero-order chi connectivity index (χ0) is 14.9. The Labute approximate surface area is 133 Å². The molecule has 0 saturated heterocycles. The zero-order valence-corrected chi connectivity index (χ0v) is 12.9. The normalized spacial score (nSPS) is 11.1. The third kappa shape index (κ3) is 2.19. The standard InChI is InChI=1S/C15H10BrN5O/c16-14-13(19-22-20-14)15-18-11-5-1-2-6-12(11)21(15)9-10-4-3-7-17-8-10/h1-8H,9H2. The molecule has 108 valence electrons. The molecule has 0 amide bonds. The summed E-state index contributed by atoms with van der Waals surface area (Å²) >= 11 is 3.35. The van der Waals surface area contributed by atoms with Crippen LogP contribution >= 0.6 is 15.9 Å². The Morgan fingerprint density at radius 3 is 2.77 bits per heavy atom. The van der Waals surface area contributed by atoms with Gasteiger partial charge in [-0.05, 0) is 50.0 Å². The largest absolute Gasteiger partial charge is 0.318 e. The molecule has 0 aliphatic rings. The Kier molecular flexibility index (Phi) is 3.19. The molecule has 0 spiro atoms. The summed E-state index contributed by atoms with van der Waals surface area (Å²) in [5.41, 5.74) is 3.59. The monoisotopic (exact) mass is 355 g/mol. The Morgan fingerprint density at radius 1 is 1.09 bits per heavy atom. The van der Waals surface area contributed by atoms with E-state index in [1.165, 1.54) is 0 Å². The topological polar surface area (TPSA) is 69.6 Å². The number of pyridine rings is 1. The first-order chi connectivity index (χ1) is 10.8. The van der Waals surface area contributed by atoms with Gasteiger partial charge in [-0.1, -0.05) is 18.2 Å². The number of para-hydroxylation sites is 2. The van der Waals surface area contributed by atoms with Crippen molar-refractivity contribution < 1.29 is 4.63 Å². The van der Waals surface area contributed by atoms with Crippen LogP contribution in [0.3, 0.4) is 0 Å². The zero-order valence-electron chi connectivity index (χ0n) is 11.3. The molecule has 6 nitrogen and oxygen atoms in total. The molecular weight excluding hydrogens is 346 g/mol. The third-order valence-corrected chi connectivity index (χ3v) is 3.90. The highest BCUT2D eigenvalue weighted by molar-refractivity contribution is 9.10. The third-order valence-electron chi connectivity index (χ3n) is 3.38. The van der Waals surface area contributed by atoms with Crippen molar-refractivity contribution in [3.63, 3.8) is 0 Å². The number of benzene rings is 1. The fraction of sp³-hybridized carbons (Fsp3) is 0.0667. The van der Waals surface area contributed by atoms with E-state index in [0.29, 0.717) is 22.7 Å². The van der Waals surface area contributed by atoms with Crippen LogP contribution in [0.15, 0.2) is 58.0 Å². The van der Waals surface area contributed by atoms with Crippen molar-refractivity contribution in [2.75, 3.05) is 0 Å². The molecule has 0 saturated carbocycles. The first kappa shape index (κ1) is 13.1. The summed E-state index contributed by atoms with van der Waals surface area (Å²) in [4.78, 5) is 8.83. The predicted octanol–water partition coefficient (Wildman–Crippen LogP) is 3.29. The van der Waals surface area contributed by atoms with E-state index in [1.807, 2.05) is 42.6 Å². The summed E-state index contributed by atoms with van der Waals surface area (Å²) in [6, 6.07) is 11.9. The van der Waals surface area contributed by atoms with Crippen LogP contribution < -0.4 is 0 Å². The van der Waals surface area contributed by atoms with Gasteiger partial charge in [0.15, 0.2) is 16.1 Å². The molecule has 3 aromatic heterocycles. The lowest BCUT2D eigenvalue weighted by Crippen LogP contribution is -2.03. The van der Waals surface area contributed by atoms with Crippen LogP contribution in [0.2, 0.25) is 0 Å². The Balaban J connectivity index is 1.93. The van der Waals surface area contributed by atoms with Crippen LogP contribution in [0.5, 0.6) is 0 Å². The molecule has 7 heteroatoms. The van der Waals surface area contributed by atoms with E-state index in [2.05, 4.69) is 40.8 Å². The van der Waals surface area contributed by atoms with Crippen molar-refractivity contribution in [1.29, 1.82) is 0 Å². The van der Waals surface area contributed by atoms with Gasteiger partial charge in [-0.25, -0.2) is 9.61 Å². The van der Waals surface area contributed by atoms with Gasteiger partial charge in [0.2, 0.25) is 0 Å². The van der Waals surface area contributed by atoms with Crippen LogP contribution in [-0.2, 0) is 6.54 Å². The van der Waals surface area contributed by atoms with E-state index in [1.54, 1.807) is 6.20 Å². The summed E-state index contributed by atoms with van der Waals surface area (Å²) in [5, 5.41) is 7.73. The number of hydrogen-bond acceptors (Lipinski definition) is 5. The van der Waals surface area contributed by atoms with E-state index >= 15 is 0 Å². The second-order valence-electron chi connectivity index (χ2n) is 4.78. The number of aromatic nitrogens is 5. The molecule has 0 unspecified atom stereocenters. The van der Waals surface area contributed by atoms with Crippen molar-refractivity contribution in [2.24, 2.45) is 0 Å². The Morgan fingerprint density at radius 2 is 2.00 bits per heavy atom. The maximum Gasteiger partial charge on any atom is 0.185 e. The highest BCUT2D eigenvalue weighted by Gasteiger charge is 2.19. The Bertz CT molecular complexity index is 931. The fourth-order valence-corrected chi connectivity index (χ4v) is 2.72. The molecule has 22 heavy (non-hydrogen) atoms. The fourth-order valence-electron chi connectivity index (χ4n) is 2.40. The van der Waals surface area contributed by atoms with Gasteiger partial charge in [-0.2, -0.15) is 0 Å². The van der Waals surface area contributed by atoms with E-state index in [0.717, 1.165) is 16.6 Å². The number of hydrogen-bond donors (Lipinski definition) is 0. The minimum absolute atomic E-state index is 0.537. The predicted molar refractivity (Wildman–Crippen MR) is 84.1 cm³/mol. The SMILES string of the molecule is Brc1nonc1-c1nc2ccccc2n1Cc1cccnc1. The molecule has 1 aromatic carbocycles. The second-order valence-corrected chi connectivity index (χ2v) is 5.53. The maximum atomic E-state index is 4.79. The average Bonchev–Trinajstić information content (AvgIpc) is 3.12. The number of imidazole rings is 1. The minimum Gasteiger partial charge on any atom is -0.318 e. The molecule has 0 aliphatic carbocycles. The van der Waals surface area contributed by atoms with E-state index in [9.17, 15) is 0 Å². The first-order valence-corrected chi connectivity index (χ1v) is 7.45. The van der Waals surface area contributed by atoms with Gasteiger partial charge in [-0.15, -0.1) is 0 Å². The van der Waals surface area contributed by atoms with Crippen LogP contribution in [0, 0.1) is 0 Å². The number of rotatable bonds is 3. The summed E-state index contributed by atoms with van der Waals surface area (Å²) in [5.74, 6) is 0.707. The molecule has 4 aromatic rings. The average molecular weight is 356 g/mol. The highest BCUT2D eigenvalue weighted by atomic mass is 79.9. The van der Waals surface area contributed by atoms with Crippen molar-refractivity contribution in [2.45, 2.75) is 6.54 Å². The molecule has 3 heterocycles. The lowest BCUT2D eigenvalue weighted by atomic mass is 10.2. The lowest BCUT2D eigenvalue weighted by Gasteiger charge is -2.07. The van der Waals surface area contributed by atoms with Crippen molar-refractivity contribution in [3.05, 3.63) is 59.0 Å². The molecule has 0 bridgehead atoms. The summed E-state index contributed by atoms with van der Waals surface area (Å²) in [7, 11) is 0. The molecule has 4 rings (SSSR count). The molecule has 0 fully saturated rings. The Hall–Kier alpha value is -2.54. The quantitative estimate of drug-likeness (QED) is 0.563. The maximum absolute atomic E-state index is 4.79. The van der Waals surface area contributed by atoms with Gasteiger partial charge in [0, 0.05) is 12.4 Å². The minimum atomic E-state index is 0.537. The molecular formula is C15H10BrN5O. The van der Waals surface area contributed by atoms with Crippen LogP contribution in [-0.4, -0.2) is 24.8 Å². The summed E-state index contributed by atoms with van der Waals surface area (Å²) in [6.07, 6.45) is 3.60. The van der Waals surface area contributed by atoms with E-state index < -0.39 is 0 Å². The summed E-state index contributed by atoms with van der Waals surface area (Å²) in [6.45, 7) is 0.642. The van der Waals surface area contributed by atoms with E-state index in [-0.39, 0.29) is 0 Å². The lowest BCUT2D eigenvalue weighted by molar-refractivity contribution is 0.305. The van der Waals surface area contributed by atoms with Gasteiger partial charge in [0.25, 0.3) is 0 Å². The van der Waals surface area contributed by atoms with Crippen LogP contribution in [0.1, 0.15) is 5.56 Å². The number of fused-ring (bicyclic) bond motifs is 1.